The highest BCUT2D eigenvalue weighted by molar-refractivity contribution is 6.31. The molecular formula is C25H24ClN5O4. The molecule has 0 saturated carbocycles. The van der Waals surface area contributed by atoms with Crippen molar-refractivity contribution in [3.8, 4) is 16.9 Å². The number of pyridine rings is 1. The van der Waals surface area contributed by atoms with Crippen molar-refractivity contribution in [3.63, 3.8) is 0 Å². The van der Waals surface area contributed by atoms with Crippen LogP contribution in [0.25, 0.3) is 27.8 Å². The lowest BCUT2D eigenvalue weighted by atomic mass is 10.1. The Labute approximate surface area is 206 Å². The number of benzene rings is 2. The molecule has 3 heterocycles. The minimum Gasteiger partial charge on any atom is -0.382 e. The van der Waals surface area contributed by atoms with E-state index >= 15 is 0 Å². The first-order valence-electron chi connectivity index (χ1n) is 11.3. The maximum absolute atomic E-state index is 12.9. The van der Waals surface area contributed by atoms with Crippen molar-refractivity contribution in [1.82, 2.24) is 24.9 Å². The number of aromatic nitrogens is 4. The van der Waals surface area contributed by atoms with E-state index < -0.39 is 0 Å². The van der Waals surface area contributed by atoms with Crippen LogP contribution in [0.4, 0.5) is 0 Å². The van der Waals surface area contributed by atoms with E-state index in [-0.39, 0.29) is 17.6 Å². The molecule has 1 fully saturated rings. The molecule has 1 aliphatic heterocycles. The molecule has 0 bridgehead atoms. The fourth-order valence-electron chi connectivity index (χ4n) is 4.17. The van der Waals surface area contributed by atoms with Crippen LogP contribution in [0, 0.1) is 0 Å². The van der Waals surface area contributed by atoms with Gasteiger partial charge in [-0.25, -0.2) is 4.68 Å². The summed E-state index contributed by atoms with van der Waals surface area (Å²) in [6, 6.07) is 14.2. The Morgan fingerprint density at radius 1 is 1.17 bits per heavy atom. The third-order valence-electron chi connectivity index (χ3n) is 6.03. The molecule has 0 spiro atoms. The van der Waals surface area contributed by atoms with Crippen molar-refractivity contribution >= 4 is 28.4 Å². The Balaban J connectivity index is 1.30. The molecule has 35 heavy (non-hydrogen) atoms. The molecule has 2 aromatic heterocycles. The molecule has 2 aromatic carbocycles. The van der Waals surface area contributed by atoms with Crippen molar-refractivity contribution in [2.75, 3.05) is 33.4 Å². The number of methoxy groups -OCH3 is 1. The zero-order valence-corrected chi connectivity index (χ0v) is 19.9. The highest BCUT2D eigenvalue weighted by Gasteiger charge is 2.27. The summed E-state index contributed by atoms with van der Waals surface area (Å²) >= 11 is 6.09. The summed E-state index contributed by atoms with van der Waals surface area (Å²) in [5.74, 6) is -0.0324. The first-order chi connectivity index (χ1) is 17.0. The van der Waals surface area contributed by atoms with E-state index in [1.54, 1.807) is 71.4 Å². The number of likely N-dealkylation sites (tertiary alicyclic amines) is 1. The van der Waals surface area contributed by atoms with Gasteiger partial charge in [0.05, 0.1) is 36.8 Å². The van der Waals surface area contributed by atoms with Gasteiger partial charge in [-0.2, -0.15) is 0 Å². The average molecular weight is 494 g/mol. The van der Waals surface area contributed by atoms with Crippen molar-refractivity contribution in [2.45, 2.75) is 12.5 Å². The number of carbonyl (C=O) groups is 1. The number of ether oxygens (including phenoxy) is 2. The second kappa shape index (κ2) is 9.99. The van der Waals surface area contributed by atoms with E-state index in [9.17, 15) is 9.59 Å². The Morgan fingerprint density at radius 3 is 2.80 bits per heavy atom. The predicted octanol–water partition coefficient (Wildman–Crippen LogP) is 3.31. The van der Waals surface area contributed by atoms with Gasteiger partial charge in [0.15, 0.2) is 0 Å². The third-order valence-corrected chi connectivity index (χ3v) is 6.26. The minimum atomic E-state index is -0.261. The number of nitrogens with one attached hydrogen (secondary N) is 1. The fourth-order valence-corrected chi connectivity index (χ4v) is 4.35. The fraction of sp³-hybridized carbons (Fsp3) is 0.280. The molecular weight excluding hydrogens is 470 g/mol. The van der Waals surface area contributed by atoms with Crippen LogP contribution in [0.15, 0.2) is 59.5 Å². The van der Waals surface area contributed by atoms with Gasteiger partial charge >= 0.3 is 0 Å². The molecule has 1 aliphatic rings. The topological polar surface area (TPSA) is 102 Å². The lowest BCUT2D eigenvalue weighted by molar-refractivity contribution is 0.0218. The lowest BCUT2D eigenvalue weighted by Crippen LogP contribution is -2.30. The summed E-state index contributed by atoms with van der Waals surface area (Å²) < 4.78 is 12.3. The summed E-state index contributed by atoms with van der Waals surface area (Å²) in [5.41, 5.74) is 2.58. The van der Waals surface area contributed by atoms with E-state index in [0.717, 1.165) is 17.5 Å². The summed E-state index contributed by atoms with van der Waals surface area (Å²) in [6.45, 7) is 2.30. The summed E-state index contributed by atoms with van der Waals surface area (Å²) in [7, 11) is 1.64. The van der Waals surface area contributed by atoms with Crippen LogP contribution in [0.3, 0.4) is 0 Å². The Kier molecular flexibility index (Phi) is 6.63. The number of hydrogen-bond donors (Lipinski definition) is 1. The number of carbonyl (C=O) groups excluding carboxylic acids is 1. The van der Waals surface area contributed by atoms with Gasteiger partial charge in [0.1, 0.15) is 5.69 Å². The molecule has 0 aliphatic carbocycles. The molecule has 0 unspecified atom stereocenters. The van der Waals surface area contributed by atoms with Crippen LogP contribution < -0.4 is 5.56 Å². The molecule has 4 aromatic rings. The van der Waals surface area contributed by atoms with Crippen LogP contribution in [0.2, 0.25) is 5.02 Å². The number of fused-ring (bicyclic) bond motifs is 1. The Hall–Kier alpha value is -3.53. The maximum Gasteiger partial charge on any atom is 0.258 e. The maximum atomic E-state index is 12.9. The summed E-state index contributed by atoms with van der Waals surface area (Å²) in [6.07, 6.45) is 2.53. The van der Waals surface area contributed by atoms with Crippen LogP contribution in [0.5, 0.6) is 0 Å². The number of hydrogen-bond acceptors (Lipinski definition) is 6. The van der Waals surface area contributed by atoms with Gasteiger partial charge in [0, 0.05) is 41.7 Å². The normalized spacial score (nSPS) is 15.7. The van der Waals surface area contributed by atoms with Crippen molar-refractivity contribution in [2.24, 2.45) is 0 Å². The molecule has 180 valence electrons. The number of halogens is 1. The van der Waals surface area contributed by atoms with E-state index in [4.69, 9.17) is 21.1 Å². The largest absolute Gasteiger partial charge is 0.382 e. The molecule has 10 heteroatoms. The quantitative estimate of drug-likeness (QED) is 0.396. The second-order valence-corrected chi connectivity index (χ2v) is 8.80. The van der Waals surface area contributed by atoms with E-state index in [1.807, 2.05) is 0 Å². The first-order valence-corrected chi connectivity index (χ1v) is 11.6. The van der Waals surface area contributed by atoms with E-state index in [2.05, 4.69) is 15.3 Å². The van der Waals surface area contributed by atoms with Gasteiger partial charge in [0.25, 0.3) is 11.5 Å². The molecule has 1 atom stereocenters. The van der Waals surface area contributed by atoms with Gasteiger partial charge in [-0.1, -0.05) is 16.8 Å². The van der Waals surface area contributed by atoms with Crippen LogP contribution in [-0.4, -0.2) is 70.3 Å². The monoisotopic (exact) mass is 493 g/mol. The van der Waals surface area contributed by atoms with Crippen molar-refractivity contribution < 1.29 is 14.3 Å². The Bertz CT molecular complexity index is 1420. The molecule has 1 N–H and O–H groups in total. The molecule has 5 rings (SSSR count). The SMILES string of the molecule is COCCO[C@H]1CCN(C(=O)c2ccc(-n3cc(-c4cc5cc(Cl)ccc5[nH]c4=O)nn3)cc2)C1. The van der Waals surface area contributed by atoms with Crippen molar-refractivity contribution in [1.29, 1.82) is 0 Å². The number of nitrogens with zero attached hydrogens (tertiary/aromatic N) is 4. The van der Waals surface area contributed by atoms with Gasteiger partial charge in [-0.15, -0.1) is 5.10 Å². The van der Waals surface area contributed by atoms with Crippen molar-refractivity contribution in [3.05, 3.63) is 75.7 Å². The van der Waals surface area contributed by atoms with Crippen LogP contribution in [0.1, 0.15) is 16.8 Å². The average Bonchev–Trinajstić information content (AvgIpc) is 3.54. The number of H-pyrrole nitrogens is 1. The number of amides is 1. The van der Waals surface area contributed by atoms with E-state index in [1.165, 1.54) is 0 Å². The Morgan fingerprint density at radius 2 is 2.00 bits per heavy atom. The molecule has 0 radical (unpaired) electrons. The predicted molar refractivity (Wildman–Crippen MR) is 132 cm³/mol. The van der Waals surface area contributed by atoms with Gasteiger partial charge in [-0.05, 0) is 55.0 Å². The number of aromatic amines is 1. The van der Waals surface area contributed by atoms with Crippen LogP contribution in [-0.2, 0) is 9.47 Å². The zero-order chi connectivity index (χ0) is 24.4. The van der Waals surface area contributed by atoms with Gasteiger partial charge in [0.2, 0.25) is 0 Å². The first kappa shape index (κ1) is 23.2. The van der Waals surface area contributed by atoms with E-state index in [0.29, 0.717) is 53.7 Å². The van der Waals surface area contributed by atoms with Crippen LogP contribution >= 0.6 is 11.6 Å². The molecule has 9 nitrogen and oxygen atoms in total. The second-order valence-electron chi connectivity index (χ2n) is 8.36. The highest BCUT2D eigenvalue weighted by atomic mass is 35.5. The summed E-state index contributed by atoms with van der Waals surface area (Å²) in [5, 5.41) is 9.72. The highest BCUT2D eigenvalue weighted by Crippen LogP contribution is 2.22. The lowest BCUT2D eigenvalue weighted by Gasteiger charge is -2.17. The minimum absolute atomic E-state index is 0.0324. The summed E-state index contributed by atoms with van der Waals surface area (Å²) in [4.78, 5) is 30.1. The molecule has 1 saturated heterocycles. The molecule has 1 amide bonds. The van der Waals surface area contributed by atoms with Gasteiger partial charge < -0.3 is 19.4 Å². The zero-order valence-electron chi connectivity index (χ0n) is 19.1. The van der Waals surface area contributed by atoms with Gasteiger partial charge in [-0.3, -0.25) is 9.59 Å². The number of rotatable bonds is 7. The standard InChI is InChI=1S/C25H24ClN5O4/c1-34-10-11-35-20-8-9-30(14-20)25(33)16-2-5-19(6-3-16)31-15-23(28-29-31)21-13-17-12-18(26)4-7-22(17)27-24(21)32/h2-7,12-13,15,20H,8-11,14H2,1H3,(H,27,32)/t20-/m0/s1. The third kappa shape index (κ3) is 4.97. The smallest absolute Gasteiger partial charge is 0.258 e.